The van der Waals surface area contributed by atoms with Crippen molar-refractivity contribution in [2.75, 3.05) is 46.5 Å². The molecule has 0 spiro atoms. The Labute approximate surface area is 167 Å². The number of methoxy groups -OCH3 is 1. The fraction of sp³-hybridized carbons (Fsp3) is 0.619. The zero-order valence-electron chi connectivity index (χ0n) is 17.1. The molecule has 1 aliphatic heterocycles. The highest BCUT2D eigenvalue weighted by atomic mass is 16.5. The van der Waals surface area contributed by atoms with Gasteiger partial charge >= 0.3 is 0 Å². The fourth-order valence-corrected chi connectivity index (χ4v) is 3.51. The Hall–Kier alpha value is -2.12. The minimum absolute atomic E-state index is 0.353. The third kappa shape index (κ3) is 5.94. The molecule has 1 fully saturated rings. The van der Waals surface area contributed by atoms with Crippen LogP contribution in [-0.4, -0.2) is 73.4 Å². The predicted molar refractivity (Wildman–Crippen MR) is 113 cm³/mol. The molecule has 0 aliphatic carbocycles. The summed E-state index contributed by atoms with van der Waals surface area (Å²) < 4.78 is 11.0. The first kappa shape index (κ1) is 20.6. The maximum atomic E-state index is 5.96. The first-order valence-corrected chi connectivity index (χ1v) is 10.4. The van der Waals surface area contributed by atoms with Crippen LogP contribution in [0.15, 0.2) is 29.3 Å². The van der Waals surface area contributed by atoms with Crippen molar-refractivity contribution in [2.45, 2.75) is 38.7 Å². The maximum Gasteiger partial charge on any atom is 0.193 e. The van der Waals surface area contributed by atoms with E-state index in [4.69, 9.17) is 14.5 Å². The zero-order valence-corrected chi connectivity index (χ0v) is 17.1. The molecule has 0 unspecified atom stereocenters. The van der Waals surface area contributed by atoms with Crippen molar-refractivity contribution >= 4 is 17.0 Å². The molecule has 154 valence electrons. The van der Waals surface area contributed by atoms with Gasteiger partial charge in [-0.25, -0.2) is 4.98 Å². The van der Waals surface area contributed by atoms with Gasteiger partial charge in [0.15, 0.2) is 5.96 Å². The summed E-state index contributed by atoms with van der Waals surface area (Å²) >= 11 is 0. The van der Waals surface area contributed by atoms with E-state index in [1.807, 2.05) is 18.2 Å². The van der Waals surface area contributed by atoms with Crippen molar-refractivity contribution < 1.29 is 9.47 Å². The zero-order chi connectivity index (χ0) is 19.6. The summed E-state index contributed by atoms with van der Waals surface area (Å²) in [7, 11) is 1.73. The van der Waals surface area contributed by atoms with E-state index in [9.17, 15) is 0 Å². The number of aromatic amines is 1. The summed E-state index contributed by atoms with van der Waals surface area (Å²) in [6.07, 6.45) is 4.21. The Morgan fingerprint density at radius 1 is 1.29 bits per heavy atom. The molecule has 3 rings (SSSR count). The molecule has 0 amide bonds. The van der Waals surface area contributed by atoms with Gasteiger partial charge in [-0.1, -0.05) is 12.1 Å². The van der Waals surface area contributed by atoms with E-state index in [0.29, 0.717) is 6.10 Å². The molecular formula is C21H33N5O2. The van der Waals surface area contributed by atoms with Gasteiger partial charge in [-0.15, -0.1) is 0 Å². The molecule has 2 heterocycles. The Bertz CT molecular complexity index is 704. The first-order valence-electron chi connectivity index (χ1n) is 10.4. The monoisotopic (exact) mass is 387 g/mol. The number of guanidine groups is 1. The van der Waals surface area contributed by atoms with E-state index in [0.717, 1.165) is 87.9 Å². The summed E-state index contributed by atoms with van der Waals surface area (Å²) in [4.78, 5) is 15.2. The Morgan fingerprint density at radius 3 is 2.86 bits per heavy atom. The number of nitrogens with zero attached hydrogens (tertiary/aromatic N) is 3. The molecule has 1 aliphatic rings. The van der Waals surface area contributed by atoms with Crippen molar-refractivity contribution in [2.24, 2.45) is 4.99 Å². The minimum Gasteiger partial charge on any atom is -0.385 e. The number of ether oxygens (including phenoxy) is 2. The number of H-pyrrole nitrogens is 1. The van der Waals surface area contributed by atoms with E-state index in [2.05, 4.69) is 33.2 Å². The molecular weight excluding hydrogens is 354 g/mol. The number of fused-ring (bicyclic) bond motifs is 1. The number of nitrogens with one attached hydrogen (secondary N) is 2. The van der Waals surface area contributed by atoms with Crippen molar-refractivity contribution in [3.8, 4) is 0 Å². The number of benzene rings is 1. The van der Waals surface area contributed by atoms with Crippen LogP contribution in [0.4, 0.5) is 0 Å². The molecule has 0 radical (unpaired) electrons. The standard InChI is InChI=1S/C21H33N5O2/c1-3-22-21(26-13-10-17(11-14-26)28-16-6-15-27-2)23-12-9-20-24-18-7-4-5-8-19(18)25-20/h4-5,7-8,17H,3,6,9-16H2,1-2H3,(H,22,23)(H,24,25). The third-order valence-electron chi connectivity index (χ3n) is 4.97. The lowest BCUT2D eigenvalue weighted by molar-refractivity contribution is 0.00991. The van der Waals surface area contributed by atoms with Crippen LogP contribution in [0, 0.1) is 0 Å². The number of likely N-dealkylation sites (tertiary alicyclic amines) is 1. The lowest BCUT2D eigenvalue weighted by Crippen LogP contribution is -2.47. The SMILES string of the molecule is CCNC(=NCCc1nc2ccccc2[nH]1)N1CCC(OCCCOC)CC1. The van der Waals surface area contributed by atoms with Crippen molar-refractivity contribution in [3.05, 3.63) is 30.1 Å². The van der Waals surface area contributed by atoms with Gasteiger partial charge in [-0.3, -0.25) is 4.99 Å². The number of hydrogen-bond acceptors (Lipinski definition) is 4. The molecule has 1 saturated heterocycles. The highest BCUT2D eigenvalue weighted by Crippen LogP contribution is 2.15. The summed E-state index contributed by atoms with van der Waals surface area (Å²) in [5, 5.41) is 3.43. The average Bonchev–Trinajstić information content (AvgIpc) is 3.14. The predicted octanol–water partition coefficient (Wildman–Crippen LogP) is 2.59. The normalized spacial score (nSPS) is 16.1. The van der Waals surface area contributed by atoms with Gasteiger partial charge in [0.05, 0.1) is 17.1 Å². The van der Waals surface area contributed by atoms with Gasteiger partial charge in [0.1, 0.15) is 5.82 Å². The maximum absolute atomic E-state index is 5.96. The van der Waals surface area contributed by atoms with E-state index in [-0.39, 0.29) is 0 Å². The fourth-order valence-electron chi connectivity index (χ4n) is 3.51. The molecule has 0 bridgehead atoms. The molecule has 28 heavy (non-hydrogen) atoms. The molecule has 1 aromatic heterocycles. The van der Waals surface area contributed by atoms with Gasteiger partial charge in [-0.2, -0.15) is 0 Å². The van der Waals surface area contributed by atoms with Gasteiger partial charge in [0, 0.05) is 52.9 Å². The van der Waals surface area contributed by atoms with Crippen LogP contribution in [0.5, 0.6) is 0 Å². The van der Waals surface area contributed by atoms with Gasteiger partial charge in [-0.05, 0) is 38.3 Å². The van der Waals surface area contributed by atoms with Gasteiger partial charge in [0.25, 0.3) is 0 Å². The van der Waals surface area contributed by atoms with Gasteiger partial charge < -0.3 is 24.7 Å². The van der Waals surface area contributed by atoms with Crippen molar-refractivity contribution in [1.29, 1.82) is 0 Å². The number of rotatable bonds is 9. The molecule has 7 nitrogen and oxygen atoms in total. The second-order valence-corrected chi connectivity index (χ2v) is 7.09. The lowest BCUT2D eigenvalue weighted by Gasteiger charge is -2.34. The Balaban J connectivity index is 1.47. The summed E-state index contributed by atoms with van der Waals surface area (Å²) in [5.41, 5.74) is 2.10. The average molecular weight is 388 g/mol. The number of aliphatic imine (C=N–C) groups is 1. The van der Waals surface area contributed by atoms with Crippen molar-refractivity contribution in [1.82, 2.24) is 20.2 Å². The summed E-state index contributed by atoms with van der Waals surface area (Å²) in [6, 6.07) is 8.13. The molecule has 7 heteroatoms. The van der Waals surface area contributed by atoms with Crippen LogP contribution in [0.2, 0.25) is 0 Å². The Morgan fingerprint density at radius 2 is 2.11 bits per heavy atom. The molecule has 0 saturated carbocycles. The Kier molecular flexibility index (Phi) is 8.11. The highest BCUT2D eigenvalue weighted by Gasteiger charge is 2.21. The van der Waals surface area contributed by atoms with Crippen LogP contribution >= 0.6 is 0 Å². The smallest absolute Gasteiger partial charge is 0.193 e. The number of hydrogen-bond donors (Lipinski definition) is 2. The topological polar surface area (TPSA) is 74.8 Å². The molecule has 2 N–H and O–H groups in total. The number of piperidine rings is 1. The van der Waals surface area contributed by atoms with Crippen LogP contribution < -0.4 is 5.32 Å². The van der Waals surface area contributed by atoms with Crippen LogP contribution in [0.1, 0.15) is 32.0 Å². The minimum atomic E-state index is 0.353. The van der Waals surface area contributed by atoms with Gasteiger partial charge in [0.2, 0.25) is 0 Å². The highest BCUT2D eigenvalue weighted by molar-refractivity contribution is 5.80. The first-order chi connectivity index (χ1) is 13.8. The quantitative estimate of drug-likeness (QED) is 0.393. The van der Waals surface area contributed by atoms with Crippen molar-refractivity contribution in [3.63, 3.8) is 0 Å². The molecule has 2 aromatic rings. The second-order valence-electron chi connectivity index (χ2n) is 7.09. The summed E-state index contributed by atoms with van der Waals surface area (Å²) in [5.74, 6) is 1.99. The lowest BCUT2D eigenvalue weighted by atomic mass is 10.1. The number of imidazole rings is 1. The second kappa shape index (κ2) is 11.0. The molecule has 1 aromatic carbocycles. The van der Waals surface area contributed by atoms with E-state index >= 15 is 0 Å². The number of para-hydroxylation sites is 2. The van der Waals surface area contributed by atoms with E-state index in [1.165, 1.54) is 0 Å². The van der Waals surface area contributed by atoms with Crippen LogP contribution in [0.25, 0.3) is 11.0 Å². The van der Waals surface area contributed by atoms with E-state index < -0.39 is 0 Å². The third-order valence-corrected chi connectivity index (χ3v) is 4.97. The van der Waals surface area contributed by atoms with Crippen LogP contribution in [-0.2, 0) is 15.9 Å². The summed E-state index contributed by atoms with van der Waals surface area (Å²) in [6.45, 7) is 7.20. The molecule has 0 atom stereocenters. The largest absolute Gasteiger partial charge is 0.385 e. The van der Waals surface area contributed by atoms with E-state index in [1.54, 1.807) is 7.11 Å². The van der Waals surface area contributed by atoms with Crippen LogP contribution in [0.3, 0.4) is 0 Å². The number of aromatic nitrogens is 2.